The average molecular weight is 379 g/mol. The van der Waals surface area contributed by atoms with Crippen LogP contribution in [-0.2, 0) is 9.59 Å². The first-order valence-corrected chi connectivity index (χ1v) is 8.43. The van der Waals surface area contributed by atoms with Crippen LogP contribution >= 0.6 is 0 Å². The molecule has 0 bridgehead atoms. The zero-order valence-corrected chi connectivity index (χ0v) is 15.0. The summed E-state index contributed by atoms with van der Waals surface area (Å²) in [4.78, 5) is 25.9. The van der Waals surface area contributed by atoms with E-state index in [0.717, 1.165) is 24.8 Å². The summed E-state index contributed by atoms with van der Waals surface area (Å²) in [6.45, 7) is 5.77. The third kappa shape index (κ3) is 5.22. The molecule has 2 aromatic rings. The molecule has 0 saturated heterocycles. The Morgan fingerprint density at radius 3 is 2.04 bits per heavy atom. The van der Waals surface area contributed by atoms with Gasteiger partial charge in [0.05, 0.1) is 5.69 Å². The van der Waals surface area contributed by atoms with E-state index in [1.54, 1.807) is 12.1 Å². The molecule has 0 aliphatic heterocycles. The van der Waals surface area contributed by atoms with Crippen LogP contribution in [0.4, 0.5) is 30.2 Å². The largest absolute Gasteiger partial charge is 0.372 e. The number of carbonyl (C=O) groups excluding carboxylic acids is 2. The van der Waals surface area contributed by atoms with Crippen molar-refractivity contribution in [3.8, 4) is 0 Å². The normalized spacial score (nSPS) is 10.4. The van der Waals surface area contributed by atoms with E-state index < -0.39 is 41.4 Å². The third-order valence-electron chi connectivity index (χ3n) is 3.91. The number of halogens is 3. The highest BCUT2D eigenvalue weighted by Crippen LogP contribution is 2.20. The Hall–Kier alpha value is -3.03. The lowest BCUT2D eigenvalue weighted by molar-refractivity contribution is -0.123. The van der Waals surface area contributed by atoms with Crippen molar-refractivity contribution >= 4 is 28.9 Å². The Morgan fingerprint density at radius 2 is 1.44 bits per heavy atom. The lowest BCUT2D eigenvalue weighted by atomic mass is 10.2. The van der Waals surface area contributed by atoms with Gasteiger partial charge in [0, 0.05) is 24.5 Å². The van der Waals surface area contributed by atoms with Crippen LogP contribution in [0.25, 0.3) is 0 Å². The standard InChI is InChI=1S/C19H20F3N3O2/c1-3-25(4-2)13-7-5-12(6-8-13)23-16(26)11-17(27)24-15-10-9-14(20)18(21)19(15)22/h5-10H,3-4,11H2,1-2H3,(H,23,26)(H,24,27). The minimum absolute atomic E-state index is 0.503. The van der Waals surface area contributed by atoms with Crippen LogP contribution in [0.3, 0.4) is 0 Å². The molecule has 2 amide bonds. The highest BCUT2D eigenvalue weighted by molar-refractivity contribution is 6.08. The Labute approximate surface area is 155 Å². The molecule has 0 unspecified atom stereocenters. The fourth-order valence-electron chi connectivity index (χ4n) is 2.51. The van der Waals surface area contributed by atoms with Gasteiger partial charge in [-0.05, 0) is 50.2 Å². The summed E-state index contributed by atoms with van der Waals surface area (Å²) in [5, 5.41) is 4.60. The van der Waals surface area contributed by atoms with Crippen molar-refractivity contribution in [2.75, 3.05) is 28.6 Å². The van der Waals surface area contributed by atoms with Crippen LogP contribution in [0, 0.1) is 17.5 Å². The summed E-state index contributed by atoms with van der Waals surface area (Å²) in [7, 11) is 0. The van der Waals surface area contributed by atoms with Crippen molar-refractivity contribution in [3.63, 3.8) is 0 Å². The zero-order chi connectivity index (χ0) is 20.0. The van der Waals surface area contributed by atoms with Crippen molar-refractivity contribution in [2.45, 2.75) is 20.3 Å². The van der Waals surface area contributed by atoms with Gasteiger partial charge in [-0.15, -0.1) is 0 Å². The molecule has 2 aromatic carbocycles. The lowest BCUT2D eigenvalue weighted by Crippen LogP contribution is -2.23. The molecule has 0 fully saturated rings. The van der Waals surface area contributed by atoms with Gasteiger partial charge in [-0.25, -0.2) is 13.2 Å². The molecule has 8 heteroatoms. The molecule has 0 aliphatic carbocycles. The van der Waals surface area contributed by atoms with Crippen LogP contribution in [0.5, 0.6) is 0 Å². The van der Waals surface area contributed by atoms with Crippen molar-refractivity contribution in [1.29, 1.82) is 0 Å². The van der Waals surface area contributed by atoms with Gasteiger partial charge in [-0.3, -0.25) is 9.59 Å². The molecule has 2 rings (SSSR count). The van der Waals surface area contributed by atoms with Gasteiger partial charge in [0.25, 0.3) is 0 Å². The SMILES string of the molecule is CCN(CC)c1ccc(NC(=O)CC(=O)Nc2ccc(F)c(F)c2F)cc1. The molecule has 144 valence electrons. The second kappa shape index (κ2) is 9.07. The van der Waals surface area contributed by atoms with Crippen molar-refractivity contribution < 1.29 is 22.8 Å². The fraction of sp³-hybridized carbons (Fsp3) is 0.263. The van der Waals surface area contributed by atoms with Crippen LogP contribution in [0.15, 0.2) is 36.4 Å². The number of benzene rings is 2. The predicted octanol–water partition coefficient (Wildman–Crippen LogP) is 3.92. The highest BCUT2D eigenvalue weighted by Gasteiger charge is 2.17. The van der Waals surface area contributed by atoms with Gasteiger partial charge in [0.2, 0.25) is 11.8 Å². The predicted molar refractivity (Wildman–Crippen MR) is 98.2 cm³/mol. The van der Waals surface area contributed by atoms with E-state index in [9.17, 15) is 22.8 Å². The second-order valence-electron chi connectivity index (χ2n) is 5.72. The maximum Gasteiger partial charge on any atom is 0.233 e. The summed E-state index contributed by atoms with van der Waals surface area (Å²) < 4.78 is 39.6. The smallest absolute Gasteiger partial charge is 0.233 e. The minimum Gasteiger partial charge on any atom is -0.372 e. The highest BCUT2D eigenvalue weighted by atomic mass is 19.2. The Morgan fingerprint density at radius 1 is 0.852 bits per heavy atom. The lowest BCUT2D eigenvalue weighted by Gasteiger charge is -2.21. The molecule has 0 radical (unpaired) electrons. The molecule has 2 N–H and O–H groups in total. The van der Waals surface area contributed by atoms with Crippen molar-refractivity contribution in [3.05, 3.63) is 53.8 Å². The average Bonchev–Trinajstić information content (AvgIpc) is 2.64. The summed E-state index contributed by atoms with van der Waals surface area (Å²) in [6.07, 6.45) is -0.601. The number of rotatable bonds is 7. The van der Waals surface area contributed by atoms with Gasteiger partial charge in [-0.2, -0.15) is 0 Å². The number of hydrogen-bond acceptors (Lipinski definition) is 3. The molecule has 0 heterocycles. The molecular formula is C19H20F3N3O2. The Kier molecular flexibility index (Phi) is 6.81. The minimum atomic E-state index is -1.69. The van der Waals surface area contributed by atoms with Gasteiger partial charge in [-0.1, -0.05) is 0 Å². The van der Waals surface area contributed by atoms with Crippen molar-refractivity contribution in [1.82, 2.24) is 0 Å². The van der Waals surface area contributed by atoms with Gasteiger partial charge in [0.1, 0.15) is 6.42 Å². The molecule has 0 aromatic heterocycles. The number of amides is 2. The molecule has 0 saturated carbocycles. The molecule has 27 heavy (non-hydrogen) atoms. The number of carbonyl (C=O) groups is 2. The van der Waals surface area contributed by atoms with Crippen LogP contribution < -0.4 is 15.5 Å². The van der Waals surface area contributed by atoms with E-state index in [1.807, 2.05) is 31.3 Å². The van der Waals surface area contributed by atoms with E-state index in [-0.39, 0.29) is 0 Å². The summed E-state index contributed by atoms with van der Waals surface area (Å²) >= 11 is 0. The van der Waals surface area contributed by atoms with E-state index in [4.69, 9.17) is 0 Å². The third-order valence-corrected chi connectivity index (χ3v) is 3.91. The first-order chi connectivity index (χ1) is 12.8. The molecule has 0 spiro atoms. The summed E-state index contributed by atoms with van der Waals surface area (Å²) in [5.41, 5.74) is 0.975. The maximum absolute atomic E-state index is 13.5. The Balaban J connectivity index is 1.93. The van der Waals surface area contributed by atoms with E-state index in [0.29, 0.717) is 11.8 Å². The summed E-state index contributed by atoms with van der Waals surface area (Å²) in [6, 6.07) is 8.68. The van der Waals surface area contributed by atoms with E-state index in [2.05, 4.69) is 10.2 Å². The first-order valence-electron chi connectivity index (χ1n) is 8.43. The van der Waals surface area contributed by atoms with Crippen LogP contribution in [0.2, 0.25) is 0 Å². The first kappa shape index (κ1) is 20.3. The van der Waals surface area contributed by atoms with Crippen LogP contribution in [0.1, 0.15) is 20.3 Å². The number of nitrogens with one attached hydrogen (secondary N) is 2. The van der Waals surface area contributed by atoms with Gasteiger partial charge >= 0.3 is 0 Å². The second-order valence-corrected chi connectivity index (χ2v) is 5.72. The maximum atomic E-state index is 13.5. The topological polar surface area (TPSA) is 61.4 Å². The number of nitrogens with zero attached hydrogens (tertiary/aromatic N) is 1. The molecule has 0 atom stereocenters. The van der Waals surface area contributed by atoms with E-state index in [1.165, 1.54) is 0 Å². The Bertz CT molecular complexity index is 822. The van der Waals surface area contributed by atoms with E-state index >= 15 is 0 Å². The summed E-state index contributed by atoms with van der Waals surface area (Å²) in [5.74, 6) is -6.04. The quantitative estimate of drug-likeness (QED) is 0.566. The molecule has 5 nitrogen and oxygen atoms in total. The molecule has 0 aliphatic rings. The zero-order valence-electron chi connectivity index (χ0n) is 15.0. The number of hydrogen-bond donors (Lipinski definition) is 2. The van der Waals surface area contributed by atoms with Gasteiger partial charge < -0.3 is 15.5 Å². The van der Waals surface area contributed by atoms with Crippen LogP contribution in [-0.4, -0.2) is 24.9 Å². The monoisotopic (exact) mass is 379 g/mol. The fourth-order valence-corrected chi connectivity index (χ4v) is 2.51. The molecular weight excluding hydrogens is 359 g/mol. The number of anilines is 3. The van der Waals surface area contributed by atoms with Crippen molar-refractivity contribution in [2.24, 2.45) is 0 Å². The van der Waals surface area contributed by atoms with Gasteiger partial charge in [0.15, 0.2) is 17.5 Å².